The molecule has 0 unspecified atom stereocenters. The SMILES string of the molecule is O=C1CSC(=O)N1CCNC(=O)C12CC(C(=O)ON3C(=O)CCC3=O)(C1)C2. The zero-order chi connectivity index (χ0) is 19.4. The van der Waals surface area contributed by atoms with Gasteiger partial charge in [-0.15, -0.1) is 5.06 Å². The second kappa shape index (κ2) is 6.04. The highest BCUT2D eigenvalue weighted by atomic mass is 32.2. The number of rotatable bonds is 6. The summed E-state index contributed by atoms with van der Waals surface area (Å²) in [6.07, 6.45) is 0.979. The normalized spacial score (nSPS) is 31.7. The summed E-state index contributed by atoms with van der Waals surface area (Å²) in [6.45, 7) is 0.283. The maximum Gasteiger partial charge on any atom is 0.339 e. The van der Waals surface area contributed by atoms with Crippen LogP contribution < -0.4 is 5.32 Å². The quantitative estimate of drug-likeness (QED) is 0.600. The Bertz CT molecular complexity index is 743. The number of hydrogen-bond donors (Lipinski definition) is 1. The highest BCUT2D eigenvalue weighted by Crippen LogP contribution is 2.73. The minimum absolute atomic E-state index is 0.0337. The maximum atomic E-state index is 12.4. The van der Waals surface area contributed by atoms with E-state index in [1.165, 1.54) is 0 Å². The predicted molar refractivity (Wildman–Crippen MR) is 88.5 cm³/mol. The summed E-state index contributed by atoms with van der Waals surface area (Å²) >= 11 is 0.939. The molecule has 0 aromatic carbocycles. The van der Waals surface area contributed by atoms with Gasteiger partial charge < -0.3 is 10.2 Å². The van der Waals surface area contributed by atoms with Gasteiger partial charge in [-0.3, -0.25) is 28.9 Å². The molecule has 2 saturated heterocycles. The molecule has 0 aromatic heterocycles. The fraction of sp³-hybridized carbons (Fsp3) is 0.625. The first kappa shape index (κ1) is 18.0. The van der Waals surface area contributed by atoms with Crippen LogP contribution >= 0.6 is 11.8 Å². The van der Waals surface area contributed by atoms with Gasteiger partial charge in [0.05, 0.1) is 16.6 Å². The van der Waals surface area contributed by atoms with Crippen molar-refractivity contribution >= 4 is 46.6 Å². The Morgan fingerprint density at radius 3 is 2.19 bits per heavy atom. The van der Waals surface area contributed by atoms with Crippen molar-refractivity contribution in [2.24, 2.45) is 10.8 Å². The van der Waals surface area contributed by atoms with Crippen molar-refractivity contribution in [1.82, 2.24) is 15.3 Å². The Morgan fingerprint density at radius 2 is 1.63 bits per heavy atom. The first-order chi connectivity index (χ1) is 12.8. The summed E-state index contributed by atoms with van der Waals surface area (Å²) in [4.78, 5) is 76.7. The molecular formula is C16H17N3O7S. The smallest absolute Gasteiger partial charge is 0.339 e. The second-order valence-corrected chi connectivity index (χ2v) is 8.33. The highest BCUT2D eigenvalue weighted by molar-refractivity contribution is 8.14. The molecule has 2 aliphatic heterocycles. The third kappa shape index (κ3) is 2.71. The van der Waals surface area contributed by atoms with Crippen molar-refractivity contribution in [2.45, 2.75) is 32.1 Å². The second-order valence-electron chi connectivity index (χ2n) is 7.41. The van der Waals surface area contributed by atoms with E-state index in [-0.39, 0.29) is 48.7 Å². The van der Waals surface area contributed by atoms with Crippen LogP contribution in [0.15, 0.2) is 0 Å². The number of imide groups is 2. The summed E-state index contributed by atoms with van der Waals surface area (Å²) in [5.41, 5.74) is -1.45. The molecule has 0 atom stereocenters. The Morgan fingerprint density at radius 1 is 1.00 bits per heavy atom. The average Bonchev–Trinajstić information content (AvgIpc) is 3.02. The largest absolute Gasteiger partial charge is 0.354 e. The van der Waals surface area contributed by atoms with Gasteiger partial charge in [0.1, 0.15) is 0 Å². The highest BCUT2D eigenvalue weighted by Gasteiger charge is 2.76. The molecule has 3 aliphatic carbocycles. The first-order valence-electron chi connectivity index (χ1n) is 8.60. The van der Waals surface area contributed by atoms with E-state index in [1.807, 2.05) is 0 Å². The molecular weight excluding hydrogens is 378 g/mol. The van der Waals surface area contributed by atoms with Crippen LogP contribution in [0, 0.1) is 10.8 Å². The van der Waals surface area contributed by atoms with Crippen molar-refractivity contribution in [2.75, 3.05) is 18.8 Å². The zero-order valence-corrected chi connectivity index (χ0v) is 15.1. The molecule has 0 radical (unpaired) electrons. The third-order valence-electron chi connectivity index (χ3n) is 5.59. The van der Waals surface area contributed by atoms with Gasteiger partial charge in [-0.25, -0.2) is 4.79 Å². The lowest BCUT2D eigenvalue weighted by molar-refractivity contribution is -0.246. The number of carbonyl (C=O) groups is 6. The van der Waals surface area contributed by atoms with Crippen LogP contribution in [0.3, 0.4) is 0 Å². The van der Waals surface area contributed by atoms with Crippen molar-refractivity contribution in [3.63, 3.8) is 0 Å². The molecule has 11 heteroatoms. The van der Waals surface area contributed by atoms with Gasteiger partial charge in [0.15, 0.2) is 0 Å². The molecule has 2 bridgehead atoms. The summed E-state index contributed by atoms with van der Waals surface area (Å²) in [6, 6.07) is 0. The molecule has 27 heavy (non-hydrogen) atoms. The van der Waals surface area contributed by atoms with E-state index in [9.17, 15) is 28.8 Å². The Labute approximate surface area is 157 Å². The lowest BCUT2D eigenvalue weighted by Gasteiger charge is -2.66. The van der Waals surface area contributed by atoms with E-state index < -0.39 is 28.6 Å². The predicted octanol–water partition coefficient (Wildman–Crippen LogP) is -0.425. The number of hydroxylamine groups is 2. The molecule has 5 aliphatic rings. The van der Waals surface area contributed by atoms with Crippen molar-refractivity contribution in [3.8, 4) is 0 Å². The van der Waals surface area contributed by atoms with Crippen molar-refractivity contribution in [3.05, 3.63) is 0 Å². The molecule has 0 spiro atoms. The van der Waals surface area contributed by atoms with Crippen molar-refractivity contribution in [1.29, 1.82) is 0 Å². The molecule has 1 N–H and O–H groups in total. The van der Waals surface area contributed by atoms with E-state index in [2.05, 4.69) is 5.32 Å². The molecule has 3 saturated carbocycles. The van der Waals surface area contributed by atoms with Crippen LogP contribution in [-0.4, -0.2) is 63.6 Å². The van der Waals surface area contributed by atoms with Gasteiger partial charge in [0.2, 0.25) is 11.8 Å². The Balaban J connectivity index is 1.24. The maximum absolute atomic E-state index is 12.4. The summed E-state index contributed by atoms with van der Waals surface area (Å²) in [5.74, 6) is -2.07. The van der Waals surface area contributed by atoms with Crippen LogP contribution in [0.4, 0.5) is 4.79 Å². The topological polar surface area (TPSA) is 130 Å². The number of hydrogen-bond acceptors (Lipinski definition) is 8. The summed E-state index contributed by atoms with van der Waals surface area (Å²) in [7, 11) is 0. The van der Waals surface area contributed by atoms with Crippen LogP contribution in [-0.2, 0) is 28.8 Å². The number of carbonyl (C=O) groups excluding carboxylic acids is 6. The number of amides is 5. The Hall–Kier alpha value is -2.43. The molecule has 5 amide bonds. The number of nitrogens with one attached hydrogen (secondary N) is 1. The molecule has 5 rings (SSSR count). The van der Waals surface area contributed by atoms with Gasteiger partial charge in [-0.1, -0.05) is 11.8 Å². The van der Waals surface area contributed by atoms with E-state index in [4.69, 9.17) is 4.84 Å². The minimum Gasteiger partial charge on any atom is -0.354 e. The van der Waals surface area contributed by atoms with Gasteiger partial charge in [0.25, 0.3) is 17.1 Å². The van der Waals surface area contributed by atoms with E-state index in [0.717, 1.165) is 16.7 Å². The summed E-state index contributed by atoms with van der Waals surface area (Å²) in [5, 5.41) is 2.92. The van der Waals surface area contributed by atoms with Gasteiger partial charge in [-0.05, 0) is 19.3 Å². The van der Waals surface area contributed by atoms with Crippen LogP contribution in [0.25, 0.3) is 0 Å². The average molecular weight is 395 g/mol. The monoisotopic (exact) mass is 395 g/mol. The number of nitrogens with zero attached hydrogens (tertiary/aromatic N) is 2. The fourth-order valence-corrected chi connectivity index (χ4v) is 4.90. The van der Waals surface area contributed by atoms with Crippen LogP contribution in [0.1, 0.15) is 32.1 Å². The third-order valence-corrected chi connectivity index (χ3v) is 6.45. The minimum atomic E-state index is -0.808. The lowest BCUT2D eigenvalue weighted by atomic mass is 9.35. The molecule has 0 aromatic rings. The lowest BCUT2D eigenvalue weighted by Crippen LogP contribution is -2.71. The van der Waals surface area contributed by atoms with Gasteiger partial charge in [0, 0.05) is 25.9 Å². The molecule has 5 fully saturated rings. The first-order valence-corrected chi connectivity index (χ1v) is 9.59. The molecule has 2 heterocycles. The van der Waals surface area contributed by atoms with Gasteiger partial charge >= 0.3 is 5.97 Å². The standard InChI is InChI=1S/C16H17N3O7S/c20-9-1-2-10(21)19(9)26-13(24)16-6-15(7-16,8-16)12(23)17-3-4-18-11(22)5-27-14(18)25/h1-8H2,(H,17,23). The molecule has 10 nitrogen and oxygen atoms in total. The zero-order valence-electron chi connectivity index (χ0n) is 14.3. The van der Waals surface area contributed by atoms with Crippen LogP contribution in [0.5, 0.6) is 0 Å². The van der Waals surface area contributed by atoms with E-state index in [1.54, 1.807) is 0 Å². The summed E-state index contributed by atoms with van der Waals surface area (Å²) < 4.78 is 0. The van der Waals surface area contributed by atoms with E-state index >= 15 is 0 Å². The van der Waals surface area contributed by atoms with Gasteiger partial charge in [-0.2, -0.15) is 0 Å². The van der Waals surface area contributed by atoms with E-state index in [0.29, 0.717) is 24.3 Å². The van der Waals surface area contributed by atoms with Crippen LogP contribution in [0.2, 0.25) is 0 Å². The fourth-order valence-electron chi connectivity index (χ4n) is 4.15. The van der Waals surface area contributed by atoms with Crippen molar-refractivity contribution < 1.29 is 33.6 Å². The number of thioether (sulfide) groups is 1. The Kier molecular flexibility index (Phi) is 4.02. The molecule has 144 valence electrons.